The maximum atomic E-state index is 13.1. The van der Waals surface area contributed by atoms with Crippen LogP contribution in [-0.4, -0.2) is 43.9 Å². The van der Waals surface area contributed by atoms with Gasteiger partial charge in [-0.15, -0.1) is 11.8 Å². The van der Waals surface area contributed by atoms with Crippen LogP contribution in [0.3, 0.4) is 0 Å². The van der Waals surface area contributed by atoms with E-state index in [9.17, 15) is 9.90 Å². The molecule has 0 fully saturated rings. The monoisotopic (exact) mass is 420 g/mol. The number of nitrogens with one attached hydrogen (secondary N) is 1. The van der Waals surface area contributed by atoms with E-state index in [4.69, 9.17) is 16.3 Å². The molecule has 5 nitrogen and oxygen atoms in total. The molecule has 0 bridgehead atoms. The number of benzene rings is 2. The van der Waals surface area contributed by atoms with E-state index in [2.05, 4.69) is 12.2 Å². The van der Waals surface area contributed by atoms with Crippen LogP contribution in [0.4, 0.5) is 5.69 Å². The van der Waals surface area contributed by atoms with Gasteiger partial charge in [0.05, 0.1) is 18.0 Å². The molecule has 0 radical (unpaired) electrons. The average Bonchev–Trinajstić information content (AvgIpc) is 2.81. The fraction of sp³-hybridized carbons (Fsp3) is 0.381. The van der Waals surface area contributed by atoms with Crippen LogP contribution >= 0.6 is 23.4 Å². The second kappa shape index (κ2) is 9.65. The molecule has 150 valence electrons. The number of ether oxygens (including phenoxy) is 1. The minimum absolute atomic E-state index is 0.298. The van der Waals surface area contributed by atoms with Crippen molar-refractivity contribution < 1.29 is 14.6 Å². The van der Waals surface area contributed by atoms with Crippen LogP contribution in [-0.2, 0) is 4.79 Å². The summed E-state index contributed by atoms with van der Waals surface area (Å²) in [6, 6.07) is 12.9. The number of hydrogen-bond donors (Lipinski definition) is 2. The van der Waals surface area contributed by atoms with Gasteiger partial charge in [-0.3, -0.25) is 4.79 Å². The van der Waals surface area contributed by atoms with Crippen molar-refractivity contribution in [2.24, 2.45) is 0 Å². The number of hydrogen-bond acceptors (Lipinski definition) is 5. The molecule has 1 heterocycles. The van der Waals surface area contributed by atoms with Gasteiger partial charge in [0.2, 0.25) is 0 Å². The standard InChI is InChI=1S/C21H25ClN2O3S/c1-3-10-23-11-12-24-17-9-6-15(22)13-18(17)28-20(19(25)21(24)26)14-4-7-16(27-2)8-5-14/h4-9,13,19-20,23,25H,3,10-12H2,1-2H3/t19-,20+/m0/s1. The number of carbonyl (C=O) groups is 1. The highest BCUT2D eigenvalue weighted by molar-refractivity contribution is 7.99. The lowest BCUT2D eigenvalue weighted by atomic mass is 10.1. The highest BCUT2D eigenvalue weighted by Gasteiger charge is 2.37. The molecule has 2 N–H and O–H groups in total. The zero-order valence-electron chi connectivity index (χ0n) is 16.0. The highest BCUT2D eigenvalue weighted by atomic mass is 35.5. The van der Waals surface area contributed by atoms with Crippen molar-refractivity contribution >= 4 is 35.0 Å². The van der Waals surface area contributed by atoms with Gasteiger partial charge in [-0.2, -0.15) is 0 Å². The first-order chi connectivity index (χ1) is 13.5. The molecule has 0 aliphatic carbocycles. The lowest BCUT2D eigenvalue weighted by molar-refractivity contribution is -0.126. The van der Waals surface area contributed by atoms with Gasteiger partial charge in [0.25, 0.3) is 5.91 Å². The Hall–Kier alpha value is -1.73. The maximum Gasteiger partial charge on any atom is 0.257 e. The minimum Gasteiger partial charge on any atom is -0.497 e. The van der Waals surface area contributed by atoms with E-state index in [1.165, 1.54) is 11.8 Å². The molecule has 0 saturated heterocycles. The third-order valence-electron chi connectivity index (χ3n) is 4.66. The molecular weight excluding hydrogens is 396 g/mol. The predicted molar refractivity (Wildman–Crippen MR) is 115 cm³/mol. The molecule has 2 atom stereocenters. The number of halogens is 1. The van der Waals surface area contributed by atoms with Gasteiger partial charge in [0, 0.05) is 23.0 Å². The Morgan fingerprint density at radius 2 is 1.96 bits per heavy atom. The predicted octanol–water partition coefficient (Wildman–Crippen LogP) is 3.89. The van der Waals surface area contributed by atoms with Gasteiger partial charge < -0.3 is 20.1 Å². The second-order valence-electron chi connectivity index (χ2n) is 6.61. The molecule has 2 aromatic carbocycles. The minimum atomic E-state index is -1.16. The van der Waals surface area contributed by atoms with E-state index in [-0.39, 0.29) is 5.91 Å². The zero-order chi connectivity index (χ0) is 20.1. The Morgan fingerprint density at radius 3 is 2.64 bits per heavy atom. The van der Waals surface area contributed by atoms with Crippen LogP contribution in [0.5, 0.6) is 5.75 Å². The summed E-state index contributed by atoms with van der Waals surface area (Å²) >= 11 is 7.68. The van der Waals surface area contributed by atoms with Crippen LogP contribution in [0.1, 0.15) is 24.2 Å². The molecule has 1 aliphatic rings. The summed E-state index contributed by atoms with van der Waals surface area (Å²) in [5, 5.41) is 14.4. The fourth-order valence-electron chi connectivity index (χ4n) is 3.18. The lowest BCUT2D eigenvalue weighted by Gasteiger charge is -2.25. The van der Waals surface area contributed by atoms with E-state index >= 15 is 0 Å². The van der Waals surface area contributed by atoms with Crippen molar-refractivity contribution in [3.63, 3.8) is 0 Å². The van der Waals surface area contributed by atoms with E-state index < -0.39 is 11.4 Å². The SMILES string of the molecule is CCCNCCN1C(=O)[C@@H](O)[C@@H](c2ccc(OC)cc2)Sc2cc(Cl)ccc21. The van der Waals surface area contributed by atoms with E-state index in [1.54, 1.807) is 18.1 Å². The largest absolute Gasteiger partial charge is 0.497 e. The molecule has 7 heteroatoms. The first kappa shape index (κ1) is 21.0. The molecule has 2 aromatic rings. The number of thioether (sulfide) groups is 1. The van der Waals surface area contributed by atoms with Gasteiger partial charge >= 0.3 is 0 Å². The third-order valence-corrected chi connectivity index (χ3v) is 6.26. The van der Waals surface area contributed by atoms with Gasteiger partial charge in [-0.25, -0.2) is 0 Å². The van der Waals surface area contributed by atoms with Gasteiger partial charge in [-0.05, 0) is 48.9 Å². The number of aliphatic hydroxyl groups is 1. The summed E-state index contributed by atoms with van der Waals surface area (Å²) in [4.78, 5) is 15.7. The summed E-state index contributed by atoms with van der Waals surface area (Å²) in [5.74, 6) is 0.433. The van der Waals surface area contributed by atoms with E-state index in [0.717, 1.165) is 34.9 Å². The van der Waals surface area contributed by atoms with Gasteiger partial charge in [0.15, 0.2) is 0 Å². The second-order valence-corrected chi connectivity index (χ2v) is 8.23. The molecule has 3 rings (SSSR count). The topological polar surface area (TPSA) is 61.8 Å². The average molecular weight is 421 g/mol. The third kappa shape index (κ3) is 4.63. The molecule has 1 aliphatic heterocycles. The van der Waals surface area contributed by atoms with Crippen LogP contribution < -0.4 is 15.0 Å². The van der Waals surface area contributed by atoms with Crippen molar-refractivity contribution in [3.05, 3.63) is 53.1 Å². The van der Waals surface area contributed by atoms with Gasteiger partial charge in [0.1, 0.15) is 11.9 Å². The number of fused-ring (bicyclic) bond motifs is 1. The van der Waals surface area contributed by atoms with Crippen LogP contribution in [0.2, 0.25) is 5.02 Å². The molecule has 0 saturated carbocycles. The van der Waals surface area contributed by atoms with Crippen molar-refractivity contribution in [2.75, 3.05) is 31.6 Å². The number of rotatable bonds is 7. The zero-order valence-corrected chi connectivity index (χ0v) is 17.6. The number of nitrogens with zero attached hydrogens (tertiary/aromatic N) is 1. The summed E-state index contributed by atoms with van der Waals surface area (Å²) < 4.78 is 5.21. The van der Waals surface area contributed by atoms with E-state index in [0.29, 0.717) is 18.1 Å². The fourth-order valence-corrected chi connectivity index (χ4v) is 4.72. The maximum absolute atomic E-state index is 13.1. The normalized spacial score (nSPS) is 19.3. The molecular formula is C21H25ClN2O3S. The van der Waals surface area contributed by atoms with Crippen LogP contribution in [0.25, 0.3) is 0 Å². The first-order valence-corrected chi connectivity index (χ1v) is 10.6. The Labute approximate surface area is 175 Å². The molecule has 1 amide bonds. The number of methoxy groups -OCH3 is 1. The highest BCUT2D eigenvalue weighted by Crippen LogP contribution is 2.46. The molecule has 0 unspecified atom stereocenters. The lowest BCUT2D eigenvalue weighted by Crippen LogP contribution is -2.43. The van der Waals surface area contributed by atoms with E-state index in [1.807, 2.05) is 36.4 Å². The quantitative estimate of drug-likeness (QED) is 0.665. The Morgan fingerprint density at radius 1 is 1.21 bits per heavy atom. The van der Waals surface area contributed by atoms with Gasteiger partial charge in [-0.1, -0.05) is 30.7 Å². The Bertz CT molecular complexity index is 816. The smallest absolute Gasteiger partial charge is 0.257 e. The number of amides is 1. The molecule has 28 heavy (non-hydrogen) atoms. The summed E-state index contributed by atoms with van der Waals surface area (Å²) in [7, 11) is 1.61. The Balaban J connectivity index is 1.93. The summed E-state index contributed by atoms with van der Waals surface area (Å²) in [6.07, 6.45) is -0.131. The van der Waals surface area contributed by atoms with Crippen molar-refractivity contribution in [2.45, 2.75) is 29.6 Å². The number of aliphatic hydroxyl groups excluding tert-OH is 1. The number of carbonyl (C=O) groups excluding carboxylic acids is 1. The summed E-state index contributed by atoms with van der Waals surface area (Å²) in [5.41, 5.74) is 1.65. The first-order valence-electron chi connectivity index (χ1n) is 9.35. The van der Waals surface area contributed by atoms with Crippen molar-refractivity contribution in [1.29, 1.82) is 0 Å². The summed E-state index contributed by atoms with van der Waals surface area (Å²) in [6.45, 7) is 4.13. The van der Waals surface area contributed by atoms with Crippen LogP contribution in [0.15, 0.2) is 47.4 Å². The van der Waals surface area contributed by atoms with Crippen molar-refractivity contribution in [1.82, 2.24) is 5.32 Å². The molecule has 0 aromatic heterocycles. The van der Waals surface area contributed by atoms with Crippen LogP contribution in [0, 0.1) is 0 Å². The Kier molecular flexibility index (Phi) is 7.24. The molecule has 0 spiro atoms. The number of anilines is 1. The van der Waals surface area contributed by atoms with Crippen molar-refractivity contribution in [3.8, 4) is 5.75 Å².